The van der Waals surface area contributed by atoms with Gasteiger partial charge in [-0.05, 0) is 22.8 Å². The number of nitrogens with one attached hydrogen (secondary N) is 1. The number of sulfonamides is 1. The maximum Gasteiger partial charge on any atom is 0.417 e. The largest absolute Gasteiger partial charge is 0.417 e. The number of aliphatic imine (C=N–C) groups is 1. The van der Waals surface area contributed by atoms with Crippen molar-refractivity contribution in [3.8, 4) is 0 Å². The van der Waals surface area contributed by atoms with Crippen LogP contribution in [0.2, 0.25) is 0 Å². The van der Waals surface area contributed by atoms with E-state index in [0.29, 0.717) is 11.9 Å². The van der Waals surface area contributed by atoms with Crippen molar-refractivity contribution in [2.45, 2.75) is 24.0 Å². The van der Waals surface area contributed by atoms with Crippen molar-refractivity contribution in [2.75, 3.05) is 11.5 Å². The summed E-state index contributed by atoms with van der Waals surface area (Å²) in [7, 11) is -3.89. The van der Waals surface area contributed by atoms with Gasteiger partial charge < -0.3 is 0 Å². The molecule has 2 rings (SSSR count). The fourth-order valence-corrected chi connectivity index (χ4v) is 3.49. The Morgan fingerprint density at radius 3 is 2.70 bits per heavy atom. The molecule has 16 heteroatoms. The number of pyridine rings is 1. The second-order valence-corrected chi connectivity index (χ2v) is 8.42. The number of carbonyl (C=O) groups excluding carboxylic acids is 1. The Balaban J connectivity index is 2.07. The van der Waals surface area contributed by atoms with Crippen LogP contribution < -0.4 is 10.6 Å². The van der Waals surface area contributed by atoms with Crippen molar-refractivity contribution in [2.24, 2.45) is 10.1 Å². The van der Waals surface area contributed by atoms with Gasteiger partial charge in [0.1, 0.15) is 11.5 Å². The molecule has 164 valence electrons. The lowest BCUT2D eigenvalue weighted by Gasteiger charge is -2.07. The molecule has 0 saturated carbocycles. The van der Waals surface area contributed by atoms with Gasteiger partial charge in [-0.1, -0.05) is 0 Å². The minimum atomic E-state index is -4.62. The number of nitrogens with two attached hydrogens (primary N) is 1. The Bertz CT molecular complexity index is 1030. The molecule has 0 bridgehead atoms. The van der Waals surface area contributed by atoms with E-state index in [2.05, 4.69) is 24.9 Å². The third kappa shape index (κ3) is 7.36. The number of ketones is 1. The average molecular weight is 468 g/mol. The van der Waals surface area contributed by atoms with Crippen LogP contribution >= 0.6 is 11.8 Å². The Labute approximate surface area is 171 Å². The SMILES string of the molecule is NS(=O)(=O)CC(=O)CCCSc1nonc1C(=Nc1cncc(C(F)(F)F)c1)NO. The maximum absolute atomic E-state index is 12.8. The monoisotopic (exact) mass is 468 g/mol. The van der Waals surface area contributed by atoms with Gasteiger partial charge in [0.2, 0.25) is 10.0 Å². The number of alkyl halides is 3. The van der Waals surface area contributed by atoms with E-state index in [4.69, 9.17) is 5.14 Å². The molecule has 11 nitrogen and oxygen atoms in total. The molecule has 0 aliphatic rings. The summed E-state index contributed by atoms with van der Waals surface area (Å²) in [5, 5.41) is 21.4. The lowest BCUT2D eigenvalue weighted by Crippen LogP contribution is -2.23. The van der Waals surface area contributed by atoms with Gasteiger partial charge in [0.15, 0.2) is 16.6 Å². The van der Waals surface area contributed by atoms with E-state index in [1.165, 1.54) is 0 Å². The fraction of sp³-hybridized carbons (Fsp3) is 0.357. The molecule has 0 aliphatic heterocycles. The molecule has 0 unspecified atom stereocenters. The minimum absolute atomic E-state index is 0.0425. The van der Waals surface area contributed by atoms with Crippen LogP contribution in [0.3, 0.4) is 0 Å². The Kier molecular flexibility index (Phi) is 7.88. The molecule has 2 aromatic rings. The summed E-state index contributed by atoms with van der Waals surface area (Å²) in [6, 6.07) is 0.724. The van der Waals surface area contributed by atoms with Crippen molar-refractivity contribution in [3.05, 3.63) is 29.7 Å². The molecule has 2 aromatic heterocycles. The Hall–Kier alpha value is -2.56. The molecule has 4 N–H and O–H groups in total. The van der Waals surface area contributed by atoms with Crippen LogP contribution in [0.5, 0.6) is 0 Å². The molecule has 0 radical (unpaired) electrons. The first kappa shape index (κ1) is 23.7. The highest BCUT2D eigenvalue weighted by Gasteiger charge is 2.31. The number of primary sulfonamides is 1. The van der Waals surface area contributed by atoms with Crippen LogP contribution in [0.4, 0.5) is 18.9 Å². The number of rotatable bonds is 9. The topological polar surface area (TPSA) is 174 Å². The van der Waals surface area contributed by atoms with Crippen LogP contribution in [0.25, 0.3) is 0 Å². The van der Waals surface area contributed by atoms with E-state index >= 15 is 0 Å². The van der Waals surface area contributed by atoms with E-state index in [-0.39, 0.29) is 35.1 Å². The first-order valence-corrected chi connectivity index (χ1v) is 10.7. The zero-order valence-corrected chi connectivity index (χ0v) is 16.6. The second-order valence-electron chi connectivity index (χ2n) is 5.72. The van der Waals surface area contributed by atoms with Gasteiger partial charge in [0, 0.05) is 18.4 Å². The number of aromatic nitrogens is 3. The first-order chi connectivity index (χ1) is 14.0. The minimum Gasteiger partial charge on any atom is -0.299 e. The van der Waals surface area contributed by atoms with Crippen LogP contribution in [-0.4, -0.2) is 52.0 Å². The van der Waals surface area contributed by atoms with Gasteiger partial charge in [-0.15, -0.1) is 11.8 Å². The summed E-state index contributed by atoms with van der Waals surface area (Å²) < 4.78 is 64.6. The predicted molar refractivity (Wildman–Crippen MR) is 97.6 cm³/mol. The first-order valence-electron chi connectivity index (χ1n) is 7.98. The van der Waals surface area contributed by atoms with Crippen molar-refractivity contribution in [1.29, 1.82) is 0 Å². The number of amidine groups is 1. The number of carbonyl (C=O) groups is 1. The van der Waals surface area contributed by atoms with Crippen LogP contribution in [0.15, 0.2) is 33.1 Å². The maximum atomic E-state index is 12.8. The van der Waals surface area contributed by atoms with Crippen LogP contribution in [0, 0.1) is 0 Å². The van der Waals surface area contributed by atoms with Gasteiger partial charge in [-0.25, -0.2) is 23.2 Å². The predicted octanol–water partition coefficient (Wildman–Crippen LogP) is 1.27. The Morgan fingerprint density at radius 1 is 1.33 bits per heavy atom. The van der Waals surface area contributed by atoms with E-state index in [0.717, 1.165) is 24.0 Å². The number of thioether (sulfide) groups is 1. The molecule has 0 fully saturated rings. The highest BCUT2D eigenvalue weighted by Crippen LogP contribution is 2.31. The number of Topliss-reactive ketones (excluding diaryl/α,β-unsaturated/α-hetero) is 1. The molecular weight excluding hydrogens is 453 g/mol. The summed E-state index contributed by atoms with van der Waals surface area (Å²) in [5.41, 5.74) is 0.386. The average Bonchev–Trinajstić information content (AvgIpc) is 3.09. The van der Waals surface area contributed by atoms with E-state index in [1.807, 2.05) is 0 Å². The van der Waals surface area contributed by atoms with Crippen LogP contribution in [-0.2, 0) is 21.0 Å². The summed E-state index contributed by atoms with van der Waals surface area (Å²) in [6.45, 7) is 0. The standard InChI is InChI=1S/C14H15F3N6O5S2/c15-14(16,17)8-4-9(6-19-5-8)20-12(21-25)11-13(23-28-22-11)29-3-1-2-10(24)7-30(18,26)27/h4-6,25H,1-3,7H2,(H,20,21)(H2,18,26,27). The Morgan fingerprint density at radius 2 is 2.07 bits per heavy atom. The lowest BCUT2D eigenvalue weighted by molar-refractivity contribution is -0.137. The van der Waals surface area contributed by atoms with E-state index in [1.54, 1.807) is 5.48 Å². The highest BCUT2D eigenvalue weighted by molar-refractivity contribution is 7.99. The third-order valence-electron chi connectivity index (χ3n) is 3.28. The van der Waals surface area contributed by atoms with Crippen molar-refractivity contribution < 1.29 is 36.2 Å². The molecule has 0 saturated heterocycles. The number of nitrogens with zero attached hydrogens (tertiary/aromatic N) is 4. The summed E-state index contributed by atoms with van der Waals surface area (Å²) in [4.78, 5) is 18.8. The van der Waals surface area contributed by atoms with Gasteiger partial charge in [0.05, 0.1) is 17.4 Å². The zero-order valence-electron chi connectivity index (χ0n) is 15.0. The molecule has 30 heavy (non-hydrogen) atoms. The van der Waals surface area contributed by atoms with Crippen molar-refractivity contribution >= 4 is 39.1 Å². The quantitative estimate of drug-likeness (QED) is 0.160. The van der Waals surface area contributed by atoms with Gasteiger partial charge in [-0.2, -0.15) is 13.2 Å². The van der Waals surface area contributed by atoms with Crippen molar-refractivity contribution in [3.63, 3.8) is 0 Å². The normalized spacial score (nSPS) is 12.8. The number of halogens is 3. The van der Waals surface area contributed by atoms with Gasteiger partial charge in [-0.3, -0.25) is 20.5 Å². The lowest BCUT2D eigenvalue weighted by atomic mass is 10.2. The highest BCUT2D eigenvalue weighted by atomic mass is 32.2. The van der Waals surface area contributed by atoms with Gasteiger partial charge >= 0.3 is 6.18 Å². The molecule has 0 atom stereocenters. The molecule has 0 amide bonds. The van der Waals surface area contributed by atoms with Crippen LogP contribution in [0.1, 0.15) is 24.1 Å². The number of hydrogen-bond acceptors (Lipinski definition) is 10. The molecule has 0 aromatic carbocycles. The number of hydrogen-bond donors (Lipinski definition) is 3. The smallest absolute Gasteiger partial charge is 0.299 e. The zero-order chi connectivity index (χ0) is 22.4. The molecular formula is C14H15F3N6O5S2. The second kappa shape index (κ2) is 9.96. The molecule has 0 spiro atoms. The summed E-state index contributed by atoms with van der Waals surface area (Å²) >= 11 is 1.05. The third-order valence-corrected chi connectivity index (χ3v) is 5.04. The van der Waals surface area contributed by atoms with E-state index in [9.17, 15) is 31.6 Å². The fourth-order valence-electron chi connectivity index (χ4n) is 2.06. The van der Waals surface area contributed by atoms with E-state index < -0.39 is 33.3 Å². The summed E-state index contributed by atoms with van der Waals surface area (Å²) in [5.74, 6) is -1.36. The van der Waals surface area contributed by atoms with Gasteiger partial charge in [0.25, 0.3) is 0 Å². The summed E-state index contributed by atoms with van der Waals surface area (Å²) in [6.07, 6.45) is -2.71. The number of hydroxylamine groups is 1. The molecule has 0 aliphatic carbocycles. The van der Waals surface area contributed by atoms with Crippen molar-refractivity contribution in [1.82, 2.24) is 20.8 Å². The molecule has 2 heterocycles.